The number of ether oxygens (including phenoxy) is 1. The van der Waals surface area contributed by atoms with Gasteiger partial charge in [0.2, 0.25) is 0 Å². The number of carbonyl (C=O) groups excluding carboxylic acids is 1. The highest BCUT2D eigenvalue weighted by Crippen LogP contribution is 2.30. The molecule has 3 rings (SSSR count). The summed E-state index contributed by atoms with van der Waals surface area (Å²) in [4.78, 5) is 12.2. The van der Waals surface area contributed by atoms with Gasteiger partial charge in [0.15, 0.2) is 0 Å². The van der Waals surface area contributed by atoms with Gasteiger partial charge >= 0.3 is 0 Å². The SMILES string of the molecule is O=C(NCC1CCCC1CO)c1ccc2c(c1)COC2. The molecule has 1 aromatic rings. The first-order chi connectivity index (χ1) is 9.78. The van der Waals surface area contributed by atoms with Gasteiger partial charge in [0.25, 0.3) is 5.91 Å². The van der Waals surface area contributed by atoms with Crippen molar-refractivity contribution >= 4 is 5.91 Å². The molecule has 0 bridgehead atoms. The summed E-state index contributed by atoms with van der Waals surface area (Å²) in [7, 11) is 0. The van der Waals surface area contributed by atoms with Crippen molar-refractivity contribution < 1.29 is 14.6 Å². The first-order valence-electron chi connectivity index (χ1n) is 7.36. The van der Waals surface area contributed by atoms with Crippen molar-refractivity contribution in [2.45, 2.75) is 32.5 Å². The van der Waals surface area contributed by atoms with Gasteiger partial charge in [0, 0.05) is 18.7 Å². The van der Waals surface area contributed by atoms with E-state index in [0.717, 1.165) is 24.8 Å². The molecule has 4 nitrogen and oxygen atoms in total. The Morgan fingerprint density at radius 3 is 2.90 bits per heavy atom. The van der Waals surface area contributed by atoms with Crippen LogP contribution in [0.2, 0.25) is 0 Å². The summed E-state index contributed by atoms with van der Waals surface area (Å²) in [6.45, 7) is 2.15. The highest BCUT2D eigenvalue weighted by molar-refractivity contribution is 5.94. The number of hydrogen-bond acceptors (Lipinski definition) is 3. The third kappa shape index (κ3) is 2.72. The van der Waals surface area contributed by atoms with Crippen LogP contribution in [0.25, 0.3) is 0 Å². The Hall–Kier alpha value is -1.39. The first kappa shape index (κ1) is 13.6. The lowest BCUT2D eigenvalue weighted by Gasteiger charge is -2.17. The van der Waals surface area contributed by atoms with Crippen molar-refractivity contribution in [3.63, 3.8) is 0 Å². The maximum absolute atomic E-state index is 12.2. The quantitative estimate of drug-likeness (QED) is 0.881. The number of aliphatic hydroxyl groups is 1. The van der Waals surface area contributed by atoms with Crippen molar-refractivity contribution in [1.82, 2.24) is 5.32 Å². The second-order valence-corrected chi connectivity index (χ2v) is 5.82. The van der Waals surface area contributed by atoms with E-state index in [1.165, 1.54) is 5.56 Å². The molecule has 108 valence electrons. The lowest BCUT2D eigenvalue weighted by molar-refractivity contribution is 0.0937. The number of nitrogens with one attached hydrogen (secondary N) is 1. The maximum atomic E-state index is 12.2. The summed E-state index contributed by atoms with van der Waals surface area (Å²) in [5.41, 5.74) is 3.00. The van der Waals surface area contributed by atoms with Gasteiger partial charge in [-0.05, 0) is 47.9 Å². The molecule has 2 atom stereocenters. The van der Waals surface area contributed by atoms with E-state index in [4.69, 9.17) is 4.74 Å². The van der Waals surface area contributed by atoms with Crippen molar-refractivity contribution in [3.8, 4) is 0 Å². The second-order valence-electron chi connectivity index (χ2n) is 5.82. The smallest absolute Gasteiger partial charge is 0.251 e. The summed E-state index contributed by atoms with van der Waals surface area (Å²) in [6.07, 6.45) is 3.33. The molecule has 2 N–H and O–H groups in total. The minimum absolute atomic E-state index is 0.0247. The van der Waals surface area contributed by atoms with E-state index in [0.29, 0.717) is 37.2 Å². The van der Waals surface area contributed by atoms with Crippen LogP contribution in [0.4, 0.5) is 0 Å². The van der Waals surface area contributed by atoms with Crippen LogP contribution in [0.1, 0.15) is 40.7 Å². The number of aliphatic hydroxyl groups excluding tert-OH is 1. The molecule has 4 heteroatoms. The minimum atomic E-state index is -0.0247. The van der Waals surface area contributed by atoms with Crippen LogP contribution in [-0.2, 0) is 18.0 Å². The van der Waals surface area contributed by atoms with Crippen molar-refractivity contribution in [2.24, 2.45) is 11.8 Å². The van der Waals surface area contributed by atoms with Crippen LogP contribution in [-0.4, -0.2) is 24.2 Å². The predicted octanol–water partition coefficient (Wildman–Crippen LogP) is 1.86. The molecule has 1 aliphatic carbocycles. The molecular weight excluding hydrogens is 254 g/mol. The largest absolute Gasteiger partial charge is 0.396 e. The molecular formula is C16H21NO3. The molecule has 20 heavy (non-hydrogen) atoms. The van der Waals surface area contributed by atoms with E-state index in [-0.39, 0.29) is 12.5 Å². The molecule has 2 aliphatic rings. The van der Waals surface area contributed by atoms with E-state index in [9.17, 15) is 9.90 Å². The van der Waals surface area contributed by atoms with Crippen LogP contribution < -0.4 is 5.32 Å². The Morgan fingerprint density at radius 1 is 1.25 bits per heavy atom. The van der Waals surface area contributed by atoms with Crippen molar-refractivity contribution in [3.05, 3.63) is 34.9 Å². The predicted molar refractivity (Wildman–Crippen MR) is 75.2 cm³/mol. The van der Waals surface area contributed by atoms with E-state index in [1.54, 1.807) is 0 Å². The van der Waals surface area contributed by atoms with Gasteiger partial charge in [-0.15, -0.1) is 0 Å². The zero-order valence-electron chi connectivity index (χ0n) is 11.6. The van der Waals surface area contributed by atoms with Gasteiger partial charge in [0.1, 0.15) is 0 Å². The van der Waals surface area contributed by atoms with Gasteiger partial charge in [-0.1, -0.05) is 12.5 Å². The summed E-state index contributed by atoms with van der Waals surface area (Å²) in [6, 6.07) is 5.76. The highest BCUT2D eigenvalue weighted by atomic mass is 16.5. The topological polar surface area (TPSA) is 58.6 Å². The standard InChI is InChI=1S/C16H21NO3/c18-8-13-3-1-2-12(13)7-17-16(19)11-4-5-14-9-20-10-15(14)6-11/h4-6,12-13,18H,1-3,7-10H2,(H,17,19). The zero-order valence-corrected chi connectivity index (χ0v) is 11.6. The maximum Gasteiger partial charge on any atom is 0.251 e. The van der Waals surface area contributed by atoms with Crippen LogP contribution in [0.15, 0.2) is 18.2 Å². The molecule has 1 aromatic carbocycles. The second kappa shape index (κ2) is 5.94. The van der Waals surface area contributed by atoms with Crippen LogP contribution >= 0.6 is 0 Å². The molecule has 1 saturated carbocycles. The average molecular weight is 275 g/mol. The summed E-state index contributed by atoms with van der Waals surface area (Å²) >= 11 is 0. The highest BCUT2D eigenvalue weighted by Gasteiger charge is 2.26. The Labute approximate surface area is 119 Å². The Balaban J connectivity index is 1.59. The molecule has 1 fully saturated rings. The molecule has 0 radical (unpaired) electrons. The Bertz CT molecular complexity index is 500. The summed E-state index contributed by atoms with van der Waals surface area (Å²) < 4.78 is 5.36. The molecule has 1 amide bonds. The molecule has 0 spiro atoms. The fraction of sp³-hybridized carbons (Fsp3) is 0.562. The van der Waals surface area contributed by atoms with Gasteiger partial charge in [-0.25, -0.2) is 0 Å². The summed E-state index contributed by atoms with van der Waals surface area (Å²) in [5, 5.41) is 12.3. The number of carbonyl (C=O) groups is 1. The molecule has 0 aromatic heterocycles. The lowest BCUT2D eigenvalue weighted by atomic mass is 9.97. The number of benzene rings is 1. The molecule has 1 aliphatic heterocycles. The van der Waals surface area contributed by atoms with E-state index in [2.05, 4.69) is 5.32 Å². The minimum Gasteiger partial charge on any atom is -0.396 e. The van der Waals surface area contributed by atoms with E-state index < -0.39 is 0 Å². The Morgan fingerprint density at radius 2 is 2.05 bits per heavy atom. The van der Waals surface area contributed by atoms with Crippen LogP contribution in [0.3, 0.4) is 0 Å². The first-order valence-corrected chi connectivity index (χ1v) is 7.36. The summed E-state index contributed by atoms with van der Waals surface area (Å²) in [5.74, 6) is 0.744. The Kier molecular flexibility index (Phi) is 4.03. The van der Waals surface area contributed by atoms with E-state index >= 15 is 0 Å². The fourth-order valence-corrected chi connectivity index (χ4v) is 3.26. The normalized spacial score (nSPS) is 24.6. The average Bonchev–Trinajstić information content (AvgIpc) is 3.12. The zero-order chi connectivity index (χ0) is 13.9. The number of rotatable bonds is 4. The number of hydrogen-bond donors (Lipinski definition) is 2. The number of fused-ring (bicyclic) bond motifs is 1. The van der Waals surface area contributed by atoms with Crippen LogP contribution in [0, 0.1) is 11.8 Å². The monoisotopic (exact) mass is 275 g/mol. The van der Waals surface area contributed by atoms with Gasteiger partial charge in [-0.2, -0.15) is 0 Å². The number of amides is 1. The van der Waals surface area contributed by atoms with Crippen LogP contribution in [0.5, 0.6) is 0 Å². The molecule has 0 saturated heterocycles. The van der Waals surface area contributed by atoms with Gasteiger partial charge in [-0.3, -0.25) is 4.79 Å². The van der Waals surface area contributed by atoms with Gasteiger partial charge in [0.05, 0.1) is 13.2 Å². The lowest BCUT2D eigenvalue weighted by Crippen LogP contribution is -2.31. The molecule has 1 heterocycles. The fourth-order valence-electron chi connectivity index (χ4n) is 3.26. The van der Waals surface area contributed by atoms with Crippen molar-refractivity contribution in [2.75, 3.05) is 13.2 Å². The third-order valence-electron chi connectivity index (χ3n) is 4.56. The molecule has 2 unspecified atom stereocenters. The van der Waals surface area contributed by atoms with Gasteiger partial charge < -0.3 is 15.2 Å². The third-order valence-corrected chi connectivity index (χ3v) is 4.56. The van der Waals surface area contributed by atoms with Crippen molar-refractivity contribution in [1.29, 1.82) is 0 Å². The van der Waals surface area contributed by atoms with E-state index in [1.807, 2.05) is 18.2 Å².